The van der Waals surface area contributed by atoms with Crippen molar-refractivity contribution in [2.75, 3.05) is 13.7 Å². The van der Waals surface area contributed by atoms with Gasteiger partial charge in [-0.3, -0.25) is 0 Å². The van der Waals surface area contributed by atoms with E-state index in [-0.39, 0.29) is 0 Å². The molecule has 0 spiro atoms. The van der Waals surface area contributed by atoms with Crippen molar-refractivity contribution in [3.63, 3.8) is 0 Å². The molecule has 0 radical (unpaired) electrons. The van der Waals surface area contributed by atoms with Crippen LogP contribution in [0.5, 0.6) is 5.75 Å². The fourth-order valence-corrected chi connectivity index (χ4v) is 2.01. The quantitative estimate of drug-likeness (QED) is 0.801. The first-order valence-electron chi connectivity index (χ1n) is 6.30. The van der Waals surface area contributed by atoms with Crippen LogP contribution >= 0.6 is 11.6 Å². The summed E-state index contributed by atoms with van der Waals surface area (Å²) in [5.74, 6) is 0.809. The van der Waals surface area contributed by atoms with Crippen LogP contribution in [-0.4, -0.2) is 24.4 Å². The molecule has 2 N–H and O–H groups in total. The van der Waals surface area contributed by atoms with Crippen molar-refractivity contribution < 1.29 is 9.84 Å². The lowest BCUT2D eigenvalue weighted by atomic mass is 9.97. The molecule has 0 aliphatic rings. The Hall–Kier alpha value is -0.770. The van der Waals surface area contributed by atoms with Crippen LogP contribution in [0.4, 0.5) is 0 Å². The molecule has 3 nitrogen and oxygen atoms in total. The van der Waals surface area contributed by atoms with Gasteiger partial charge in [0, 0.05) is 23.7 Å². The second kappa shape index (κ2) is 6.98. The highest BCUT2D eigenvalue weighted by atomic mass is 35.5. The predicted octanol–water partition coefficient (Wildman–Crippen LogP) is 2.99. The second-order valence-electron chi connectivity index (χ2n) is 4.49. The molecule has 0 aromatic heterocycles. The number of aliphatic hydroxyl groups is 1. The van der Waals surface area contributed by atoms with Gasteiger partial charge in [-0.1, -0.05) is 25.4 Å². The van der Waals surface area contributed by atoms with Crippen molar-refractivity contribution >= 4 is 11.6 Å². The molecule has 0 aliphatic heterocycles. The number of halogens is 1. The molecular formula is C14H22ClNO2. The van der Waals surface area contributed by atoms with Gasteiger partial charge in [0.1, 0.15) is 5.75 Å². The van der Waals surface area contributed by atoms with E-state index in [4.69, 9.17) is 16.3 Å². The maximum absolute atomic E-state index is 10.2. The van der Waals surface area contributed by atoms with E-state index in [2.05, 4.69) is 5.32 Å². The molecule has 0 fully saturated rings. The molecule has 0 atom stereocenters. The molecule has 0 aliphatic carbocycles. The summed E-state index contributed by atoms with van der Waals surface area (Å²) in [7, 11) is 1.64. The number of ether oxygens (including phenoxy) is 1. The van der Waals surface area contributed by atoms with Crippen molar-refractivity contribution in [1.82, 2.24) is 5.32 Å². The Balaban J connectivity index is 2.60. The van der Waals surface area contributed by atoms with Gasteiger partial charge in [0.2, 0.25) is 0 Å². The molecule has 4 heteroatoms. The maximum Gasteiger partial charge on any atom is 0.123 e. The normalized spacial score (nSPS) is 11.6. The van der Waals surface area contributed by atoms with Gasteiger partial charge in [0.15, 0.2) is 0 Å². The summed E-state index contributed by atoms with van der Waals surface area (Å²) in [5.41, 5.74) is 0.366. The number of rotatable bonds is 7. The van der Waals surface area contributed by atoms with Gasteiger partial charge in [-0.15, -0.1) is 0 Å². The van der Waals surface area contributed by atoms with E-state index < -0.39 is 5.60 Å². The van der Waals surface area contributed by atoms with Crippen LogP contribution in [0.1, 0.15) is 32.3 Å². The molecule has 1 rings (SSSR count). The van der Waals surface area contributed by atoms with Crippen LogP contribution in [0.3, 0.4) is 0 Å². The third kappa shape index (κ3) is 4.16. The van der Waals surface area contributed by atoms with E-state index in [1.54, 1.807) is 13.2 Å². The maximum atomic E-state index is 10.2. The highest BCUT2D eigenvalue weighted by Crippen LogP contribution is 2.22. The average Bonchev–Trinajstić information content (AvgIpc) is 2.39. The molecule has 1 aromatic carbocycles. The third-order valence-electron chi connectivity index (χ3n) is 3.33. The Bertz CT molecular complexity index is 378. The summed E-state index contributed by atoms with van der Waals surface area (Å²) in [4.78, 5) is 0. The van der Waals surface area contributed by atoms with Crippen LogP contribution < -0.4 is 10.1 Å². The van der Waals surface area contributed by atoms with E-state index in [0.29, 0.717) is 18.1 Å². The monoisotopic (exact) mass is 271 g/mol. The lowest BCUT2D eigenvalue weighted by Crippen LogP contribution is -2.39. The molecule has 0 bridgehead atoms. The molecule has 0 heterocycles. The Kier molecular flexibility index (Phi) is 5.93. The van der Waals surface area contributed by atoms with Gasteiger partial charge in [-0.05, 0) is 31.0 Å². The fraction of sp³-hybridized carbons (Fsp3) is 0.571. The smallest absolute Gasteiger partial charge is 0.123 e. The van der Waals surface area contributed by atoms with E-state index in [1.807, 2.05) is 26.0 Å². The zero-order valence-electron chi connectivity index (χ0n) is 11.3. The zero-order valence-corrected chi connectivity index (χ0v) is 12.0. The van der Waals surface area contributed by atoms with E-state index in [9.17, 15) is 5.11 Å². The SMILES string of the molecule is CCC(O)(CC)CNCc1cc(Cl)ccc1OC. The van der Waals surface area contributed by atoms with Crippen LogP contribution in [0.2, 0.25) is 5.02 Å². The fourth-order valence-electron chi connectivity index (χ4n) is 1.82. The number of nitrogens with one attached hydrogen (secondary N) is 1. The van der Waals surface area contributed by atoms with Gasteiger partial charge in [-0.25, -0.2) is 0 Å². The summed E-state index contributed by atoms with van der Waals surface area (Å²) in [6.45, 7) is 5.18. The lowest BCUT2D eigenvalue weighted by Gasteiger charge is -2.25. The summed E-state index contributed by atoms with van der Waals surface area (Å²) in [6.07, 6.45) is 1.48. The van der Waals surface area contributed by atoms with Crippen molar-refractivity contribution in [3.8, 4) is 5.75 Å². The molecule has 0 amide bonds. The predicted molar refractivity (Wildman–Crippen MR) is 75.2 cm³/mol. The first-order chi connectivity index (χ1) is 8.54. The number of hydrogen-bond donors (Lipinski definition) is 2. The van der Waals surface area contributed by atoms with Gasteiger partial charge in [0.05, 0.1) is 12.7 Å². The van der Waals surface area contributed by atoms with Gasteiger partial charge >= 0.3 is 0 Å². The van der Waals surface area contributed by atoms with Crippen LogP contribution in [0.25, 0.3) is 0 Å². The van der Waals surface area contributed by atoms with Crippen molar-refractivity contribution in [2.45, 2.75) is 38.8 Å². The largest absolute Gasteiger partial charge is 0.496 e. The van der Waals surface area contributed by atoms with Gasteiger partial charge in [0.25, 0.3) is 0 Å². The van der Waals surface area contributed by atoms with Gasteiger partial charge in [-0.2, -0.15) is 0 Å². The summed E-state index contributed by atoms with van der Waals surface area (Å²) in [5, 5.41) is 14.1. The summed E-state index contributed by atoms with van der Waals surface area (Å²) >= 11 is 5.96. The Morgan fingerprint density at radius 2 is 2.00 bits per heavy atom. The molecule has 102 valence electrons. The van der Waals surface area contributed by atoms with Crippen LogP contribution in [0.15, 0.2) is 18.2 Å². The average molecular weight is 272 g/mol. The standard InChI is InChI=1S/C14H22ClNO2/c1-4-14(17,5-2)10-16-9-11-8-12(15)6-7-13(11)18-3/h6-8,16-17H,4-5,9-10H2,1-3H3. The first kappa shape index (κ1) is 15.3. The van der Waals surface area contributed by atoms with Crippen LogP contribution in [-0.2, 0) is 6.54 Å². The summed E-state index contributed by atoms with van der Waals surface area (Å²) in [6, 6.07) is 5.54. The highest BCUT2D eigenvalue weighted by molar-refractivity contribution is 6.30. The van der Waals surface area contributed by atoms with E-state index in [1.165, 1.54) is 0 Å². The minimum atomic E-state index is -0.633. The van der Waals surface area contributed by atoms with E-state index in [0.717, 1.165) is 24.2 Å². The minimum Gasteiger partial charge on any atom is -0.496 e. The van der Waals surface area contributed by atoms with E-state index >= 15 is 0 Å². The molecule has 0 saturated heterocycles. The summed E-state index contributed by atoms with van der Waals surface area (Å²) < 4.78 is 5.27. The number of benzene rings is 1. The third-order valence-corrected chi connectivity index (χ3v) is 3.56. The van der Waals surface area contributed by atoms with Crippen LogP contribution in [0, 0.1) is 0 Å². The molecule has 0 saturated carbocycles. The first-order valence-corrected chi connectivity index (χ1v) is 6.68. The highest BCUT2D eigenvalue weighted by Gasteiger charge is 2.21. The zero-order chi connectivity index (χ0) is 13.6. The van der Waals surface area contributed by atoms with Crippen molar-refractivity contribution in [2.24, 2.45) is 0 Å². The molecule has 18 heavy (non-hydrogen) atoms. The van der Waals surface area contributed by atoms with Crippen molar-refractivity contribution in [3.05, 3.63) is 28.8 Å². The topological polar surface area (TPSA) is 41.5 Å². The Morgan fingerprint density at radius 1 is 1.33 bits per heavy atom. The minimum absolute atomic E-state index is 0.565. The number of hydrogen-bond acceptors (Lipinski definition) is 3. The molecular weight excluding hydrogens is 250 g/mol. The molecule has 0 unspecified atom stereocenters. The number of methoxy groups -OCH3 is 1. The lowest BCUT2D eigenvalue weighted by molar-refractivity contribution is 0.0322. The Labute approximate surface area is 114 Å². The molecule has 1 aromatic rings. The van der Waals surface area contributed by atoms with Gasteiger partial charge < -0.3 is 15.2 Å². The Morgan fingerprint density at radius 3 is 2.56 bits per heavy atom. The second-order valence-corrected chi connectivity index (χ2v) is 4.93. The van der Waals surface area contributed by atoms with Crippen molar-refractivity contribution in [1.29, 1.82) is 0 Å².